The first-order valence-corrected chi connectivity index (χ1v) is 10.0. The summed E-state index contributed by atoms with van der Waals surface area (Å²) >= 11 is 0. The lowest BCUT2D eigenvalue weighted by atomic mass is 10.2. The van der Waals surface area contributed by atoms with Crippen LogP contribution >= 0.6 is 0 Å². The Morgan fingerprint density at radius 3 is 2.68 bits per heavy atom. The van der Waals surface area contributed by atoms with Crippen molar-refractivity contribution in [3.8, 4) is 5.88 Å². The molecule has 0 bridgehead atoms. The summed E-state index contributed by atoms with van der Waals surface area (Å²) in [6, 6.07) is 11.9. The standard InChI is InChI=1S/C19H17N5O3S/c25-28(26,23-18-6-7-20-14-22-18)16-3-4-17-15(13-16)5-8-21-19(17)27-12-11-24-9-1-2-10-24/h1-10,13-14H,11-12H2,(H,20,22,23). The number of hydrogen-bond donors (Lipinski definition) is 1. The maximum atomic E-state index is 12.6. The fraction of sp³-hybridized carbons (Fsp3) is 0.105. The van der Waals surface area contributed by atoms with Gasteiger partial charge in [0.05, 0.1) is 11.4 Å². The van der Waals surface area contributed by atoms with Crippen molar-refractivity contribution in [3.05, 3.63) is 73.6 Å². The Morgan fingerprint density at radius 1 is 1.04 bits per heavy atom. The number of ether oxygens (including phenoxy) is 1. The molecule has 4 aromatic rings. The molecule has 0 saturated carbocycles. The number of fused-ring (bicyclic) bond motifs is 1. The van der Waals surface area contributed by atoms with E-state index in [2.05, 4.69) is 19.7 Å². The van der Waals surface area contributed by atoms with Gasteiger partial charge >= 0.3 is 0 Å². The third kappa shape index (κ3) is 3.94. The molecule has 142 valence electrons. The molecule has 0 atom stereocenters. The molecule has 0 aliphatic rings. The van der Waals surface area contributed by atoms with Crippen molar-refractivity contribution in [1.82, 2.24) is 19.5 Å². The van der Waals surface area contributed by atoms with E-state index in [-0.39, 0.29) is 10.7 Å². The molecule has 0 unspecified atom stereocenters. The minimum atomic E-state index is -3.77. The Bertz CT molecular complexity index is 1180. The van der Waals surface area contributed by atoms with Gasteiger partial charge in [-0.25, -0.2) is 23.4 Å². The number of pyridine rings is 1. The highest BCUT2D eigenvalue weighted by Gasteiger charge is 2.16. The Kier molecular flexibility index (Phi) is 4.90. The van der Waals surface area contributed by atoms with Crippen LogP contribution < -0.4 is 9.46 Å². The van der Waals surface area contributed by atoms with Gasteiger partial charge in [0.15, 0.2) is 0 Å². The fourth-order valence-corrected chi connectivity index (χ4v) is 3.77. The van der Waals surface area contributed by atoms with E-state index < -0.39 is 10.0 Å². The minimum absolute atomic E-state index is 0.128. The molecule has 3 aromatic heterocycles. The van der Waals surface area contributed by atoms with Gasteiger partial charge in [0, 0.05) is 30.2 Å². The summed E-state index contributed by atoms with van der Waals surface area (Å²) < 4.78 is 35.5. The Labute approximate surface area is 161 Å². The van der Waals surface area contributed by atoms with Crippen LogP contribution in [0.3, 0.4) is 0 Å². The zero-order chi connectivity index (χ0) is 19.4. The molecule has 9 heteroatoms. The average Bonchev–Trinajstić information content (AvgIpc) is 3.22. The van der Waals surface area contributed by atoms with Crippen molar-refractivity contribution in [1.29, 1.82) is 0 Å². The lowest BCUT2D eigenvalue weighted by Gasteiger charge is -2.11. The SMILES string of the molecule is O=S(=O)(Nc1ccncn1)c1ccc2c(OCCn3cccc3)nccc2c1. The highest BCUT2D eigenvalue weighted by Crippen LogP contribution is 2.26. The Morgan fingerprint density at radius 2 is 1.89 bits per heavy atom. The molecule has 0 radical (unpaired) electrons. The van der Waals surface area contributed by atoms with Gasteiger partial charge in [-0.1, -0.05) is 0 Å². The van der Waals surface area contributed by atoms with Crippen LogP contribution in [0.5, 0.6) is 5.88 Å². The van der Waals surface area contributed by atoms with Crippen molar-refractivity contribution in [2.75, 3.05) is 11.3 Å². The van der Waals surface area contributed by atoms with Crippen LogP contribution in [0.2, 0.25) is 0 Å². The normalized spacial score (nSPS) is 11.4. The summed E-state index contributed by atoms with van der Waals surface area (Å²) in [7, 11) is -3.77. The lowest BCUT2D eigenvalue weighted by Crippen LogP contribution is -2.14. The molecule has 8 nitrogen and oxygen atoms in total. The summed E-state index contributed by atoms with van der Waals surface area (Å²) in [6.45, 7) is 1.15. The first-order chi connectivity index (χ1) is 13.6. The predicted molar refractivity (Wildman–Crippen MR) is 105 cm³/mol. The van der Waals surface area contributed by atoms with Crippen LogP contribution in [0.25, 0.3) is 10.8 Å². The Hall–Kier alpha value is -3.46. The predicted octanol–water partition coefficient (Wildman–Crippen LogP) is 2.71. The van der Waals surface area contributed by atoms with Crippen LogP contribution in [0.4, 0.5) is 5.82 Å². The van der Waals surface area contributed by atoms with E-state index in [1.54, 1.807) is 24.4 Å². The lowest BCUT2D eigenvalue weighted by molar-refractivity contribution is 0.291. The van der Waals surface area contributed by atoms with Gasteiger partial charge in [0.1, 0.15) is 18.8 Å². The van der Waals surface area contributed by atoms with Gasteiger partial charge in [0.2, 0.25) is 5.88 Å². The summed E-state index contributed by atoms with van der Waals surface area (Å²) in [5, 5.41) is 1.47. The van der Waals surface area contributed by atoms with Crippen LogP contribution in [-0.4, -0.2) is 34.5 Å². The number of nitrogens with zero attached hydrogens (tertiary/aromatic N) is 4. The van der Waals surface area contributed by atoms with E-state index in [1.165, 1.54) is 24.7 Å². The van der Waals surface area contributed by atoms with E-state index in [0.29, 0.717) is 19.0 Å². The molecule has 0 aliphatic heterocycles. The maximum Gasteiger partial charge on any atom is 0.263 e. The number of benzene rings is 1. The minimum Gasteiger partial charge on any atom is -0.475 e. The smallest absolute Gasteiger partial charge is 0.263 e. The van der Waals surface area contributed by atoms with Gasteiger partial charge in [0.25, 0.3) is 10.0 Å². The number of hydrogen-bond acceptors (Lipinski definition) is 6. The van der Waals surface area contributed by atoms with Crippen LogP contribution in [0, 0.1) is 0 Å². The number of anilines is 1. The van der Waals surface area contributed by atoms with Gasteiger partial charge in [-0.3, -0.25) is 4.72 Å². The summed E-state index contributed by atoms with van der Waals surface area (Å²) in [5.41, 5.74) is 0. The van der Waals surface area contributed by atoms with Crippen LogP contribution in [0.1, 0.15) is 0 Å². The fourth-order valence-electron chi connectivity index (χ4n) is 2.73. The van der Waals surface area contributed by atoms with Gasteiger partial charge in [-0.15, -0.1) is 0 Å². The molecule has 28 heavy (non-hydrogen) atoms. The molecule has 4 rings (SSSR count). The summed E-state index contributed by atoms with van der Waals surface area (Å²) in [6.07, 6.45) is 8.26. The second kappa shape index (κ2) is 7.65. The first kappa shape index (κ1) is 17.9. The molecular formula is C19H17N5O3S. The van der Waals surface area contributed by atoms with E-state index >= 15 is 0 Å². The van der Waals surface area contributed by atoms with Crippen molar-refractivity contribution in [2.24, 2.45) is 0 Å². The van der Waals surface area contributed by atoms with Gasteiger partial charge < -0.3 is 9.30 Å². The number of rotatable bonds is 7. The van der Waals surface area contributed by atoms with Crippen molar-refractivity contribution in [3.63, 3.8) is 0 Å². The molecule has 1 N–H and O–H groups in total. The maximum absolute atomic E-state index is 12.6. The number of aromatic nitrogens is 4. The number of sulfonamides is 1. The van der Waals surface area contributed by atoms with Crippen LogP contribution in [-0.2, 0) is 16.6 Å². The molecule has 0 fully saturated rings. The highest BCUT2D eigenvalue weighted by atomic mass is 32.2. The second-order valence-corrected chi connectivity index (χ2v) is 7.65. The van der Waals surface area contributed by atoms with Crippen molar-refractivity contribution in [2.45, 2.75) is 11.4 Å². The third-order valence-electron chi connectivity index (χ3n) is 4.08. The zero-order valence-corrected chi connectivity index (χ0v) is 15.6. The van der Waals surface area contributed by atoms with Gasteiger partial charge in [-0.2, -0.15) is 0 Å². The molecule has 0 aliphatic carbocycles. The van der Waals surface area contributed by atoms with Gasteiger partial charge in [-0.05, 0) is 47.9 Å². The molecule has 0 amide bonds. The van der Waals surface area contributed by atoms with E-state index in [1.807, 2.05) is 29.1 Å². The first-order valence-electron chi connectivity index (χ1n) is 8.53. The summed E-state index contributed by atoms with van der Waals surface area (Å²) in [5.74, 6) is 0.677. The monoisotopic (exact) mass is 395 g/mol. The molecule has 0 saturated heterocycles. The molecule has 3 heterocycles. The molecule has 0 spiro atoms. The summed E-state index contributed by atoms with van der Waals surface area (Å²) in [4.78, 5) is 12.1. The van der Waals surface area contributed by atoms with E-state index in [4.69, 9.17) is 4.74 Å². The topological polar surface area (TPSA) is 99.0 Å². The Balaban J connectivity index is 1.56. The average molecular weight is 395 g/mol. The molecule has 1 aromatic carbocycles. The van der Waals surface area contributed by atoms with E-state index in [9.17, 15) is 8.42 Å². The highest BCUT2D eigenvalue weighted by molar-refractivity contribution is 7.92. The number of nitrogens with one attached hydrogen (secondary N) is 1. The van der Waals surface area contributed by atoms with Crippen LogP contribution in [0.15, 0.2) is 78.5 Å². The largest absolute Gasteiger partial charge is 0.475 e. The van der Waals surface area contributed by atoms with Crippen molar-refractivity contribution < 1.29 is 13.2 Å². The van der Waals surface area contributed by atoms with E-state index in [0.717, 1.165) is 10.8 Å². The zero-order valence-electron chi connectivity index (χ0n) is 14.8. The second-order valence-electron chi connectivity index (χ2n) is 5.97. The third-order valence-corrected chi connectivity index (χ3v) is 5.44. The van der Waals surface area contributed by atoms with Crippen molar-refractivity contribution >= 4 is 26.6 Å². The molecular weight excluding hydrogens is 378 g/mol. The quantitative estimate of drug-likeness (QED) is 0.517.